The molecule has 0 amide bonds. The highest BCUT2D eigenvalue weighted by atomic mass is 28.4. The van der Waals surface area contributed by atoms with E-state index in [-0.39, 0.29) is 0 Å². The van der Waals surface area contributed by atoms with E-state index in [1.165, 1.54) is 37.8 Å². The third-order valence-corrected chi connectivity index (χ3v) is 10.3. The van der Waals surface area contributed by atoms with Crippen LogP contribution in [-0.2, 0) is 18.3 Å². The van der Waals surface area contributed by atoms with Gasteiger partial charge in [-0.15, -0.1) is 0 Å². The summed E-state index contributed by atoms with van der Waals surface area (Å²) in [6, 6.07) is 2.52. The molecule has 0 rings (SSSR count). The van der Waals surface area contributed by atoms with Crippen molar-refractivity contribution in [1.29, 1.82) is 0 Å². The van der Waals surface area contributed by atoms with Gasteiger partial charge in [0.05, 0.1) is 13.2 Å². The van der Waals surface area contributed by atoms with Crippen molar-refractivity contribution in [3.05, 3.63) is 0 Å². The smallest absolute Gasteiger partial charge is 0.186 e. The number of nitrogens with one attached hydrogen (secondary N) is 1. The van der Waals surface area contributed by atoms with Crippen LogP contribution in [0.1, 0.15) is 52.4 Å². The van der Waals surface area contributed by atoms with Crippen molar-refractivity contribution in [2.24, 2.45) is 0 Å². The Labute approximate surface area is 183 Å². The second-order valence-corrected chi connectivity index (χ2v) is 17.6. The van der Waals surface area contributed by atoms with Gasteiger partial charge in [-0.2, -0.15) is 0 Å². The van der Waals surface area contributed by atoms with Crippen LogP contribution in [0.4, 0.5) is 0 Å². The highest BCUT2D eigenvalue weighted by molar-refractivity contribution is 6.71. The van der Waals surface area contributed by atoms with Gasteiger partial charge in [0.1, 0.15) is 0 Å². The number of hydrogen-bond donors (Lipinski definition) is 1. The summed E-state index contributed by atoms with van der Waals surface area (Å²) in [5.74, 6) is 0. The van der Waals surface area contributed by atoms with Gasteiger partial charge in [0, 0.05) is 39.5 Å². The molecule has 0 heterocycles. The van der Waals surface area contributed by atoms with Crippen molar-refractivity contribution in [2.45, 2.75) is 90.6 Å². The van der Waals surface area contributed by atoms with E-state index in [9.17, 15) is 0 Å². The first-order chi connectivity index (χ1) is 13.8. The fourth-order valence-corrected chi connectivity index (χ4v) is 7.46. The zero-order valence-electron chi connectivity index (χ0n) is 20.4. The maximum absolute atomic E-state index is 5.86. The summed E-state index contributed by atoms with van der Waals surface area (Å²) in [6.45, 7) is 20.3. The van der Waals surface area contributed by atoms with Crippen LogP contribution in [0.15, 0.2) is 0 Å². The van der Waals surface area contributed by atoms with Gasteiger partial charge in [0.15, 0.2) is 16.6 Å². The van der Waals surface area contributed by atoms with Crippen LogP contribution in [0.3, 0.4) is 0 Å². The minimum Gasteiger partial charge on any atom is -0.418 e. The van der Waals surface area contributed by atoms with Crippen molar-refractivity contribution < 1.29 is 18.3 Å². The van der Waals surface area contributed by atoms with E-state index in [1.807, 2.05) is 0 Å². The molecule has 7 heteroatoms. The lowest BCUT2D eigenvalue weighted by atomic mass is 10.3. The molecule has 29 heavy (non-hydrogen) atoms. The van der Waals surface area contributed by atoms with Gasteiger partial charge < -0.3 is 23.6 Å². The molecule has 0 saturated heterocycles. The molecule has 176 valence electrons. The van der Waals surface area contributed by atoms with Gasteiger partial charge in [0.25, 0.3) is 0 Å². The van der Waals surface area contributed by atoms with Crippen molar-refractivity contribution in [1.82, 2.24) is 5.32 Å². The van der Waals surface area contributed by atoms with Crippen LogP contribution in [0.2, 0.25) is 38.3 Å². The van der Waals surface area contributed by atoms with E-state index >= 15 is 0 Å². The predicted molar refractivity (Wildman–Crippen MR) is 130 cm³/mol. The largest absolute Gasteiger partial charge is 0.418 e. The lowest BCUT2D eigenvalue weighted by Crippen LogP contribution is -2.29. The summed E-state index contributed by atoms with van der Waals surface area (Å²) in [5, 5.41) is 3.39. The van der Waals surface area contributed by atoms with Crippen LogP contribution >= 0.6 is 0 Å². The molecule has 0 aliphatic heterocycles. The van der Waals surface area contributed by atoms with Crippen LogP contribution in [0, 0.1) is 0 Å². The topological polar surface area (TPSA) is 49.0 Å². The molecule has 0 radical (unpaired) electrons. The Kier molecular flexibility index (Phi) is 19.1. The molecule has 0 atom stereocenters. The lowest BCUT2D eigenvalue weighted by Gasteiger charge is -2.21. The molecule has 0 spiro atoms. The first-order valence-corrected chi connectivity index (χ1v) is 18.2. The van der Waals surface area contributed by atoms with Crippen molar-refractivity contribution >= 4 is 16.6 Å². The van der Waals surface area contributed by atoms with Gasteiger partial charge in [0.2, 0.25) is 0 Å². The Balaban J connectivity index is 3.21. The van der Waals surface area contributed by atoms with Crippen molar-refractivity contribution in [3.8, 4) is 0 Å². The molecule has 0 aromatic carbocycles. The first-order valence-electron chi connectivity index (χ1n) is 12.0. The molecule has 0 bridgehead atoms. The zero-order valence-corrected chi connectivity index (χ0v) is 22.4. The lowest BCUT2D eigenvalue weighted by molar-refractivity contribution is 0.117. The number of unbranched alkanes of at least 4 members (excludes halogenated alkanes) is 4. The molecule has 0 saturated carbocycles. The third kappa shape index (κ3) is 21.3. The summed E-state index contributed by atoms with van der Waals surface area (Å²) >= 11 is 0. The molecule has 0 aliphatic rings. The molecule has 0 aliphatic carbocycles. The van der Waals surface area contributed by atoms with Crippen molar-refractivity contribution in [3.63, 3.8) is 0 Å². The summed E-state index contributed by atoms with van der Waals surface area (Å²) in [6.07, 6.45) is 7.34. The first kappa shape index (κ1) is 29.2. The van der Waals surface area contributed by atoms with Gasteiger partial charge in [-0.3, -0.25) is 0 Å². The Bertz CT molecular complexity index is 326. The van der Waals surface area contributed by atoms with E-state index in [0.717, 1.165) is 65.6 Å². The molecule has 0 aromatic rings. The van der Waals surface area contributed by atoms with Gasteiger partial charge in [-0.1, -0.05) is 25.7 Å². The van der Waals surface area contributed by atoms with Crippen LogP contribution in [0.25, 0.3) is 0 Å². The molecule has 0 aromatic heterocycles. The molecule has 5 nitrogen and oxygen atoms in total. The highest BCUT2D eigenvalue weighted by Crippen LogP contribution is 2.16. The summed E-state index contributed by atoms with van der Waals surface area (Å²) in [4.78, 5) is 0. The minimum absolute atomic E-state index is 0.790. The molecular formula is C22H51NO4Si2. The Morgan fingerprint density at radius 2 is 0.966 bits per heavy atom. The Morgan fingerprint density at radius 3 is 1.34 bits per heavy atom. The SMILES string of the molecule is CCO[Si](C)(C)CCCCCOCCNCCOCCCCC[Si](C)(C)OCC. The van der Waals surface area contributed by atoms with Crippen LogP contribution < -0.4 is 5.32 Å². The summed E-state index contributed by atoms with van der Waals surface area (Å²) in [7, 11) is -2.78. The standard InChI is InChI=1S/C22H51NO4Si2/c1-7-26-28(3,4)21-13-9-11-17-24-19-15-23-16-20-25-18-12-10-14-22-29(5,6)27-8-2/h23H,7-22H2,1-6H3. The fourth-order valence-electron chi connectivity index (χ4n) is 3.41. The quantitative estimate of drug-likeness (QED) is 0.176. The maximum atomic E-state index is 5.86. The van der Waals surface area contributed by atoms with E-state index in [0.29, 0.717) is 0 Å². The second-order valence-electron chi connectivity index (χ2n) is 8.98. The van der Waals surface area contributed by atoms with Gasteiger partial charge in [-0.25, -0.2) is 0 Å². The Hall–Kier alpha value is 0.234. The van der Waals surface area contributed by atoms with E-state index in [1.54, 1.807) is 0 Å². The summed E-state index contributed by atoms with van der Waals surface area (Å²) < 4.78 is 23.1. The molecular weight excluding hydrogens is 398 g/mol. The number of hydrogen-bond acceptors (Lipinski definition) is 5. The number of rotatable bonds is 22. The van der Waals surface area contributed by atoms with E-state index in [2.05, 4.69) is 45.4 Å². The summed E-state index contributed by atoms with van der Waals surface area (Å²) in [5.41, 5.74) is 0. The third-order valence-electron chi connectivity index (χ3n) is 5.05. The zero-order chi connectivity index (χ0) is 21.8. The van der Waals surface area contributed by atoms with Gasteiger partial charge >= 0.3 is 0 Å². The molecule has 0 unspecified atom stereocenters. The monoisotopic (exact) mass is 449 g/mol. The van der Waals surface area contributed by atoms with E-state index < -0.39 is 16.6 Å². The molecule has 0 fully saturated rings. The number of ether oxygens (including phenoxy) is 2. The predicted octanol–water partition coefficient (Wildman–Crippen LogP) is 5.43. The van der Waals surface area contributed by atoms with Crippen LogP contribution in [-0.4, -0.2) is 69.4 Å². The molecule has 1 N–H and O–H groups in total. The van der Waals surface area contributed by atoms with E-state index in [4.69, 9.17) is 18.3 Å². The van der Waals surface area contributed by atoms with Gasteiger partial charge in [-0.05, 0) is 65.0 Å². The van der Waals surface area contributed by atoms with Crippen LogP contribution in [0.5, 0.6) is 0 Å². The van der Waals surface area contributed by atoms with Crippen molar-refractivity contribution in [2.75, 3.05) is 52.7 Å². The highest BCUT2D eigenvalue weighted by Gasteiger charge is 2.21. The maximum Gasteiger partial charge on any atom is 0.186 e. The Morgan fingerprint density at radius 1 is 0.552 bits per heavy atom. The average Bonchev–Trinajstić information content (AvgIpc) is 2.64. The minimum atomic E-state index is -1.39. The normalized spacial score (nSPS) is 12.6. The fraction of sp³-hybridized carbons (Fsp3) is 1.00. The average molecular weight is 450 g/mol. The second kappa shape index (κ2) is 19.0.